The lowest BCUT2D eigenvalue weighted by Gasteiger charge is -2.10. The molecule has 0 atom stereocenters. The molecule has 0 aliphatic carbocycles. The molecule has 0 aliphatic rings. The van der Waals surface area contributed by atoms with E-state index in [1.165, 1.54) is 6.07 Å². The number of hydrogen-bond acceptors (Lipinski definition) is 4. The Kier molecular flexibility index (Phi) is 5.46. The van der Waals surface area contributed by atoms with Crippen LogP contribution in [0.1, 0.15) is 0 Å². The number of aromatic nitrogens is 1. The third kappa shape index (κ3) is 3.67. The van der Waals surface area contributed by atoms with Crippen molar-refractivity contribution in [1.29, 1.82) is 0 Å². The number of H-pyrrole nitrogens is 1. The molecular weight excluding hydrogens is 564 g/mol. The molecule has 0 radical (unpaired) electrons. The van der Waals surface area contributed by atoms with Crippen LogP contribution in [0, 0.1) is 7.14 Å². The number of carbonyl (C=O) groups is 1. The monoisotopic (exact) mass is 575 g/mol. The summed E-state index contributed by atoms with van der Waals surface area (Å²) in [6.45, 7) is 0. The highest BCUT2D eigenvalue weighted by molar-refractivity contribution is 14.1. The number of aromatic hydroxyl groups is 1. The lowest BCUT2D eigenvalue weighted by molar-refractivity contribution is 0.262. The van der Waals surface area contributed by atoms with Gasteiger partial charge < -0.3 is 20.7 Å². The molecule has 0 saturated carbocycles. The van der Waals surface area contributed by atoms with Crippen LogP contribution in [0.3, 0.4) is 0 Å². The first-order chi connectivity index (χ1) is 12.4. The molecule has 2 aromatic carbocycles. The fourth-order valence-corrected chi connectivity index (χ4v) is 3.31. The fourth-order valence-electron chi connectivity index (χ4n) is 2.32. The number of urea groups is 1. The number of hydrogen-bond donors (Lipinski definition) is 4. The SMILES string of the molecule is O=C(Nc1cccc(I)c1I)Nc1c(O)c2ccccc2[nH]c(=O)c1=O. The molecule has 0 unspecified atom stereocenters. The van der Waals surface area contributed by atoms with Crippen molar-refractivity contribution in [3.63, 3.8) is 0 Å². The maximum atomic E-state index is 12.3. The average molecular weight is 575 g/mol. The van der Waals surface area contributed by atoms with Gasteiger partial charge in [-0.25, -0.2) is 4.79 Å². The molecule has 0 fully saturated rings. The van der Waals surface area contributed by atoms with Crippen LogP contribution >= 0.6 is 45.2 Å². The summed E-state index contributed by atoms with van der Waals surface area (Å²) in [5.41, 5.74) is -1.63. The second-order valence-corrected chi connectivity index (χ2v) is 7.47. The van der Waals surface area contributed by atoms with Crippen molar-refractivity contribution in [2.24, 2.45) is 0 Å². The van der Waals surface area contributed by atoms with E-state index in [1.807, 2.05) is 6.07 Å². The van der Waals surface area contributed by atoms with E-state index in [-0.39, 0.29) is 10.9 Å². The summed E-state index contributed by atoms with van der Waals surface area (Å²) in [6, 6.07) is 11.0. The van der Waals surface area contributed by atoms with Gasteiger partial charge in [-0.05, 0) is 69.4 Å². The van der Waals surface area contributed by atoms with Crippen molar-refractivity contribution < 1.29 is 9.90 Å². The number of amides is 2. The number of benzene rings is 2. The molecule has 2 amide bonds. The minimum atomic E-state index is -1.04. The molecule has 9 heteroatoms. The molecule has 132 valence electrons. The zero-order valence-electron chi connectivity index (χ0n) is 13.0. The molecule has 3 rings (SSSR count). The number of halogens is 2. The summed E-state index contributed by atoms with van der Waals surface area (Å²) >= 11 is 4.22. The Morgan fingerprint density at radius 2 is 1.73 bits per heavy atom. The summed E-state index contributed by atoms with van der Waals surface area (Å²) in [7, 11) is 0. The summed E-state index contributed by atoms with van der Waals surface area (Å²) in [6.07, 6.45) is 0. The third-order valence-electron chi connectivity index (χ3n) is 3.54. The van der Waals surface area contributed by atoms with Gasteiger partial charge in [-0.2, -0.15) is 0 Å². The van der Waals surface area contributed by atoms with Gasteiger partial charge in [0.1, 0.15) is 5.69 Å². The van der Waals surface area contributed by atoms with Gasteiger partial charge in [-0.15, -0.1) is 0 Å². The first-order valence-corrected chi connectivity index (χ1v) is 9.44. The first kappa shape index (κ1) is 18.6. The highest BCUT2D eigenvalue weighted by atomic mass is 127. The van der Waals surface area contributed by atoms with Gasteiger partial charge in [0, 0.05) is 12.5 Å². The van der Waals surface area contributed by atoms with E-state index in [1.54, 1.807) is 30.3 Å². The highest BCUT2D eigenvalue weighted by Crippen LogP contribution is 2.27. The minimum absolute atomic E-state index is 0.242. The molecule has 0 saturated heterocycles. The normalized spacial score (nSPS) is 10.5. The van der Waals surface area contributed by atoms with Crippen LogP contribution in [0.4, 0.5) is 16.2 Å². The average Bonchev–Trinajstić information content (AvgIpc) is 2.70. The molecule has 26 heavy (non-hydrogen) atoms. The maximum absolute atomic E-state index is 12.3. The number of rotatable bonds is 2. The molecule has 0 spiro atoms. The van der Waals surface area contributed by atoms with Crippen molar-refractivity contribution in [1.82, 2.24) is 4.98 Å². The second kappa shape index (κ2) is 7.61. The van der Waals surface area contributed by atoms with Crippen LogP contribution in [0.5, 0.6) is 5.75 Å². The van der Waals surface area contributed by atoms with E-state index in [0.29, 0.717) is 5.69 Å². The maximum Gasteiger partial charge on any atom is 0.323 e. The largest absolute Gasteiger partial charge is 0.505 e. The second-order valence-electron chi connectivity index (χ2n) is 5.23. The smallest absolute Gasteiger partial charge is 0.323 e. The Morgan fingerprint density at radius 1 is 1.00 bits per heavy atom. The van der Waals surface area contributed by atoms with Crippen molar-refractivity contribution in [2.75, 3.05) is 10.6 Å². The molecular formula is C17H11I2N3O4. The van der Waals surface area contributed by atoms with Gasteiger partial charge in [-0.1, -0.05) is 18.2 Å². The number of fused-ring (bicyclic) bond motifs is 1. The van der Waals surface area contributed by atoms with E-state index < -0.39 is 28.5 Å². The number of carbonyl (C=O) groups excluding carboxylic acids is 1. The van der Waals surface area contributed by atoms with Gasteiger partial charge in [0.25, 0.3) is 11.0 Å². The molecule has 1 aromatic heterocycles. The lowest BCUT2D eigenvalue weighted by Crippen LogP contribution is -2.30. The quantitative estimate of drug-likeness (QED) is 0.277. The van der Waals surface area contributed by atoms with Crippen LogP contribution in [0.15, 0.2) is 52.1 Å². The van der Waals surface area contributed by atoms with E-state index in [9.17, 15) is 19.5 Å². The van der Waals surface area contributed by atoms with E-state index >= 15 is 0 Å². The third-order valence-corrected chi connectivity index (χ3v) is 6.63. The number of aromatic amines is 1. The topological polar surface area (TPSA) is 111 Å². The van der Waals surface area contributed by atoms with Gasteiger partial charge in [0.2, 0.25) is 0 Å². The van der Waals surface area contributed by atoms with Crippen molar-refractivity contribution in [3.8, 4) is 5.75 Å². The highest BCUT2D eigenvalue weighted by Gasteiger charge is 2.16. The molecule has 4 N–H and O–H groups in total. The Balaban J connectivity index is 2.03. The van der Waals surface area contributed by atoms with Gasteiger partial charge in [-0.3, -0.25) is 9.59 Å². The Labute approximate surface area is 174 Å². The fraction of sp³-hybridized carbons (Fsp3) is 0. The summed E-state index contributed by atoms with van der Waals surface area (Å²) < 4.78 is 1.77. The number of nitrogens with one attached hydrogen (secondary N) is 3. The number of anilines is 2. The number of para-hydroxylation sites is 1. The van der Waals surface area contributed by atoms with Crippen molar-refractivity contribution >= 4 is 73.5 Å². The molecule has 1 heterocycles. The van der Waals surface area contributed by atoms with E-state index in [0.717, 1.165) is 7.14 Å². The Hall–Kier alpha value is -2.15. The Bertz CT molecular complexity index is 1140. The van der Waals surface area contributed by atoms with E-state index in [2.05, 4.69) is 60.8 Å². The van der Waals surface area contributed by atoms with Gasteiger partial charge in [0.15, 0.2) is 5.75 Å². The van der Waals surface area contributed by atoms with Gasteiger partial charge in [0.05, 0.1) is 11.2 Å². The Morgan fingerprint density at radius 3 is 2.50 bits per heavy atom. The van der Waals surface area contributed by atoms with Crippen LogP contribution in [0.2, 0.25) is 0 Å². The van der Waals surface area contributed by atoms with Crippen LogP contribution < -0.4 is 21.6 Å². The first-order valence-electron chi connectivity index (χ1n) is 7.29. The predicted octanol–water partition coefficient (Wildman–Crippen LogP) is 3.45. The summed E-state index contributed by atoms with van der Waals surface area (Å²) in [5.74, 6) is -0.476. The molecule has 3 aromatic rings. The summed E-state index contributed by atoms with van der Waals surface area (Å²) in [5, 5.41) is 15.6. The lowest BCUT2D eigenvalue weighted by atomic mass is 10.2. The standard InChI is InChI=1S/C17H11I2N3O4/c18-9-5-3-7-11(12(9)19)21-17(26)22-13-14(23)8-4-1-2-6-10(8)20-16(25)15(13)24/h1-7H,(H4,20,21,22,23,24,25,26). The molecule has 0 aliphatic heterocycles. The van der Waals surface area contributed by atoms with Gasteiger partial charge >= 0.3 is 6.03 Å². The van der Waals surface area contributed by atoms with Crippen molar-refractivity contribution in [3.05, 3.63) is 70.2 Å². The predicted molar refractivity (Wildman–Crippen MR) is 117 cm³/mol. The summed E-state index contributed by atoms with van der Waals surface area (Å²) in [4.78, 5) is 39.0. The van der Waals surface area contributed by atoms with Crippen LogP contribution in [0.25, 0.3) is 10.9 Å². The minimum Gasteiger partial charge on any atom is -0.505 e. The van der Waals surface area contributed by atoms with Crippen molar-refractivity contribution in [2.45, 2.75) is 0 Å². The van der Waals surface area contributed by atoms with Crippen LogP contribution in [-0.2, 0) is 0 Å². The van der Waals surface area contributed by atoms with E-state index in [4.69, 9.17) is 0 Å². The zero-order chi connectivity index (χ0) is 18.8. The van der Waals surface area contributed by atoms with Crippen LogP contribution in [-0.4, -0.2) is 16.1 Å². The molecule has 7 nitrogen and oxygen atoms in total. The zero-order valence-corrected chi connectivity index (χ0v) is 17.3. The molecule has 0 bridgehead atoms.